The van der Waals surface area contributed by atoms with Gasteiger partial charge in [-0.3, -0.25) is 9.69 Å². The van der Waals surface area contributed by atoms with E-state index in [2.05, 4.69) is 0 Å². The van der Waals surface area contributed by atoms with Gasteiger partial charge in [-0.05, 0) is 17.2 Å². The van der Waals surface area contributed by atoms with Crippen molar-refractivity contribution in [3.05, 3.63) is 95.6 Å². The molecule has 0 aliphatic carbocycles. The highest BCUT2D eigenvalue weighted by Gasteiger charge is 2.54. The number of guanidine groups is 1. The Morgan fingerprint density at radius 1 is 1.07 bits per heavy atom. The molecule has 3 aromatic rings. The maximum absolute atomic E-state index is 13.8. The van der Waals surface area contributed by atoms with Gasteiger partial charge >= 0.3 is 0 Å². The fourth-order valence-corrected chi connectivity index (χ4v) is 4.35. The van der Waals surface area contributed by atoms with Crippen LogP contribution in [0.3, 0.4) is 0 Å². The highest BCUT2D eigenvalue weighted by Crippen LogP contribution is 2.49. The van der Waals surface area contributed by atoms with E-state index >= 15 is 0 Å². The second-order valence-electron chi connectivity index (χ2n) is 7.93. The van der Waals surface area contributed by atoms with Crippen molar-refractivity contribution >= 4 is 25.2 Å². The molecule has 2 heterocycles. The quantitative estimate of drug-likeness (QED) is 0.690. The summed E-state index contributed by atoms with van der Waals surface area (Å²) in [5, 5.41) is 0. The van der Waals surface area contributed by atoms with E-state index in [-0.39, 0.29) is 18.0 Å². The maximum Gasteiger partial charge on any atom is 0.262 e. The molecular weight excluding hydrogens is 373 g/mol. The predicted octanol–water partition coefficient (Wildman–Crippen LogP) is 2.02. The third-order valence-electron chi connectivity index (χ3n) is 5.87. The molecule has 1 amide bonds. The normalized spacial score (nSPS) is 22.5. The highest BCUT2D eigenvalue weighted by molar-refractivity contribution is 6.32. The number of amides is 1. The molecule has 2 atom stereocenters. The van der Waals surface area contributed by atoms with Crippen LogP contribution in [0.2, 0.25) is 0 Å². The number of nitrogens with two attached hydrogens (primary N) is 1. The van der Waals surface area contributed by atoms with Crippen molar-refractivity contribution in [1.29, 1.82) is 0 Å². The first-order chi connectivity index (χ1) is 14.6. The Kier molecular flexibility index (Phi) is 4.35. The molecule has 2 unspecified atom stereocenters. The molecule has 5 nitrogen and oxygen atoms in total. The lowest BCUT2D eigenvalue weighted by molar-refractivity contribution is -0.133. The number of benzene rings is 3. The summed E-state index contributed by atoms with van der Waals surface area (Å²) in [6.45, 7) is 0.398. The summed E-state index contributed by atoms with van der Waals surface area (Å²) in [4.78, 5) is 20.2. The molecule has 148 valence electrons. The Balaban J connectivity index is 1.59. The van der Waals surface area contributed by atoms with Crippen molar-refractivity contribution in [3.8, 4) is 5.75 Å². The van der Waals surface area contributed by atoms with E-state index < -0.39 is 5.54 Å². The van der Waals surface area contributed by atoms with Crippen molar-refractivity contribution in [3.63, 3.8) is 0 Å². The number of ether oxygens (including phenoxy) is 1. The lowest BCUT2D eigenvalue weighted by Gasteiger charge is -2.37. The van der Waals surface area contributed by atoms with Gasteiger partial charge in [-0.2, -0.15) is 0 Å². The van der Waals surface area contributed by atoms with Gasteiger partial charge in [0, 0.05) is 12.0 Å². The molecule has 2 N–H and O–H groups in total. The van der Waals surface area contributed by atoms with Crippen molar-refractivity contribution in [2.75, 3.05) is 0 Å². The molecule has 30 heavy (non-hydrogen) atoms. The molecule has 0 saturated heterocycles. The summed E-state index contributed by atoms with van der Waals surface area (Å²) in [5.74, 6) is 0.845. The Morgan fingerprint density at radius 2 is 1.77 bits per heavy atom. The van der Waals surface area contributed by atoms with Gasteiger partial charge in [-0.1, -0.05) is 78.3 Å². The average Bonchev–Trinajstić information content (AvgIpc) is 3.00. The van der Waals surface area contributed by atoms with Gasteiger partial charge in [0.25, 0.3) is 5.91 Å². The number of hydrogen-bond donors (Lipinski definition) is 1. The Morgan fingerprint density at radius 3 is 2.50 bits per heavy atom. The standard InChI is InChI=1S/C24H22BN3O2/c25-18-11-12-20-19(13-18)24(14-21(30-20)17-9-5-2-6-10-17)22(29)28(23(26)27-24)15-16-7-3-1-4-8-16/h1-13,21H,14-15,25H2,(H2,26,27). The molecule has 1 spiro atoms. The number of fused-ring (bicyclic) bond motifs is 2. The molecule has 0 saturated carbocycles. The monoisotopic (exact) mass is 395 g/mol. The summed E-state index contributed by atoms with van der Waals surface area (Å²) in [6.07, 6.45) is 0.136. The van der Waals surface area contributed by atoms with Crippen LogP contribution in [0.1, 0.15) is 29.2 Å². The van der Waals surface area contributed by atoms with Crippen molar-refractivity contribution in [2.45, 2.75) is 24.6 Å². The van der Waals surface area contributed by atoms with Gasteiger partial charge in [0.05, 0.1) is 6.54 Å². The Bertz CT molecular complexity index is 1130. The Hall–Kier alpha value is -3.54. The van der Waals surface area contributed by atoms with E-state index in [1.165, 1.54) is 0 Å². The number of aliphatic imine (C=N–C) groups is 1. The van der Waals surface area contributed by atoms with Gasteiger partial charge < -0.3 is 10.5 Å². The summed E-state index contributed by atoms with van der Waals surface area (Å²) in [5.41, 5.74) is 9.12. The average molecular weight is 395 g/mol. The largest absolute Gasteiger partial charge is 0.485 e. The van der Waals surface area contributed by atoms with Crippen LogP contribution in [-0.2, 0) is 16.9 Å². The minimum absolute atomic E-state index is 0.0973. The minimum Gasteiger partial charge on any atom is -0.485 e. The van der Waals surface area contributed by atoms with E-state index in [0.29, 0.717) is 18.7 Å². The van der Waals surface area contributed by atoms with Crippen LogP contribution < -0.4 is 15.9 Å². The van der Waals surface area contributed by atoms with Crippen LogP contribution in [0.25, 0.3) is 0 Å². The minimum atomic E-state index is -1.07. The van der Waals surface area contributed by atoms with E-state index in [4.69, 9.17) is 15.5 Å². The Labute approximate surface area is 176 Å². The van der Waals surface area contributed by atoms with Crippen LogP contribution in [0, 0.1) is 0 Å². The summed E-state index contributed by atoms with van der Waals surface area (Å²) in [7, 11) is 2.01. The predicted molar refractivity (Wildman–Crippen MR) is 119 cm³/mol. The molecule has 0 bridgehead atoms. The smallest absolute Gasteiger partial charge is 0.262 e. The summed E-state index contributed by atoms with van der Waals surface area (Å²) in [6, 6.07) is 25.7. The van der Waals surface area contributed by atoms with Crippen LogP contribution in [0.4, 0.5) is 0 Å². The molecular formula is C24H22BN3O2. The zero-order valence-corrected chi connectivity index (χ0v) is 16.8. The lowest BCUT2D eigenvalue weighted by atomic mass is 9.78. The van der Waals surface area contributed by atoms with Crippen molar-refractivity contribution < 1.29 is 9.53 Å². The zero-order chi connectivity index (χ0) is 20.7. The molecule has 0 radical (unpaired) electrons. The van der Waals surface area contributed by atoms with Crippen LogP contribution in [-0.4, -0.2) is 24.6 Å². The molecule has 0 aromatic heterocycles. The molecule has 0 fully saturated rings. The SMILES string of the molecule is Bc1ccc2c(c1)C1(CC(c3ccccc3)O2)N=C(N)N(Cc2ccccc2)C1=O. The van der Waals surface area contributed by atoms with E-state index in [1.807, 2.05) is 86.7 Å². The zero-order valence-electron chi connectivity index (χ0n) is 16.8. The van der Waals surface area contributed by atoms with Gasteiger partial charge in [-0.15, -0.1) is 0 Å². The van der Waals surface area contributed by atoms with Crippen LogP contribution in [0.5, 0.6) is 5.75 Å². The van der Waals surface area contributed by atoms with E-state index in [0.717, 1.165) is 22.2 Å². The number of carbonyl (C=O) groups excluding carboxylic acids is 1. The van der Waals surface area contributed by atoms with E-state index in [1.54, 1.807) is 4.90 Å². The lowest BCUT2D eigenvalue weighted by Crippen LogP contribution is -2.45. The van der Waals surface area contributed by atoms with Gasteiger partial charge in [0.1, 0.15) is 19.7 Å². The second-order valence-corrected chi connectivity index (χ2v) is 7.93. The van der Waals surface area contributed by atoms with Crippen molar-refractivity contribution in [1.82, 2.24) is 4.90 Å². The fourth-order valence-electron chi connectivity index (χ4n) is 4.35. The molecule has 5 rings (SSSR count). The van der Waals surface area contributed by atoms with Gasteiger partial charge in [0.2, 0.25) is 0 Å². The van der Waals surface area contributed by atoms with Gasteiger partial charge in [0.15, 0.2) is 11.5 Å². The third kappa shape index (κ3) is 2.96. The topological polar surface area (TPSA) is 67.9 Å². The number of rotatable bonds is 3. The summed E-state index contributed by atoms with van der Waals surface area (Å²) < 4.78 is 6.32. The molecule has 2 aliphatic rings. The highest BCUT2D eigenvalue weighted by atomic mass is 16.5. The van der Waals surface area contributed by atoms with E-state index in [9.17, 15) is 4.79 Å². The fraction of sp³-hybridized carbons (Fsp3) is 0.167. The molecule has 3 aromatic carbocycles. The first kappa shape index (κ1) is 18.5. The number of carbonyl (C=O) groups is 1. The van der Waals surface area contributed by atoms with Crippen LogP contribution in [0.15, 0.2) is 83.9 Å². The number of nitrogens with zero attached hydrogens (tertiary/aromatic N) is 2. The first-order valence-electron chi connectivity index (χ1n) is 10.1. The van der Waals surface area contributed by atoms with Crippen LogP contribution >= 0.6 is 0 Å². The van der Waals surface area contributed by atoms with Gasteiger partial charge in [-0.25, -0.2) is 4.99 Å². The molecule has 6 heteroatoms. The van der Waals surface area contributed by atoms with Crippen molar-refractivity contribution in [2.24, 2.45) is 10.7 Å². The second kappa shape index (κ2) is 7.06. The first-order valence-corrected chi connectivity index (χ1v) is 10.1. The molecule has 2 aliphatic heterocycles. The summed E-state index contributed by atoms with van der Waals surface area (Å²) >= 11 is 0. The third-order valence-corrected chi connectivity index (χ3v) is 5.87. The maximum atomic E-state index is 13.8. The number of hydrogen-bond acceptors (Lipinski definition) is 4.